The maximum absolute atomic E-state index is 9.67. The first-order valence-electron chi connectivity index (χ1n) is 9.61. The Morgan fingerprint density at radius 3 is 2.68 bits per heavy atom. The number of nitriles is 1. The lowest BCUT2D eigenvalue weighted by Gasteiger charge is -2.34. The number of aromatic nitrogens is 5. The van der Waals surface area contributed by atoms with Crippen molar-refractivity contribution in [3.05, 3.63) is 71.4 Å². The van der Waals surface area contributed by atoms with E-state index in [4.69, 9.17) is 16.7 Å². The van der Waals surface area contributed by atoms with Crippen LogP contribution in [0.3, 0.4) is 0 Å². The van der Waals surface area contributed by atoms with Gasteiger partial charge in [-0.25, -0.2) is 19.5 Å². The highest BCUT2D eigenvalue weighted by Gasteiger charge is 2.30. The van der Waals surface area contributed by atoms with Crippen LogP contribution in [-0.2, 0) is 0 Å². The van der Waals surface area contributed by atoms with Crippen LogP contribution in [0, 0.1) is 11.3 Å². The summed E-state index contributed by atoms with van der Waals surface area (Å²) in [4.78, 5) is 14.8. The SMILES string of the molecule is CSC(C)[C@@H](c1cc2nccn2nc1-c1ccccc1)N(C)c1ncnc(Cl)c1C#N. The Morgan fingerprint density at radius 2 is 1.97 bits per heavy atom. The molecule has 7 nitrogen and oxygen atoms in total. The second-order valence-electron chi connectivity index (χ2n) is 7.02. The van der Waals surface area contributed by atoms with E-state index >= 15 is 0 Å². The molecule has 0 bridgehead atoms. The summed E-state index contributed by atoms with van der Waals surface area (Å²) < 4.78 is 1.77. The minimum absolute atomic E-state index is 0.139. The largest absolute Gasteiger partial charge is 0.350 e. The topological polar surface area (TPSA) is 83.0 Å². The number of thioether (sulfide) groups is 1. The normalized spacial score (nSPS) is 13.0. The molecule has 31 heavy (non-hydrogen) atoms. The average Bonchev–Trinajstić information content (AvgIpc) is 3.26. The second kappa shape index (κ2) is 8.92. The minimum atomic E-state index is -0.155. The fourth-order valence-corrected chi connectivity index (χ4v) is 4.43. The van der Waals surface area contributed by atoms with Crippen molar-refractivity contribution in [3.8, 4) is 17.3 Å². The van der Waals surface area contributed by atoms with Crippen LogP contribution in [0.1, 0.15) is 24.1 Å². The van der Waals surface area contributed by atoms with Crippen molar-refractivity contribution in [2.75, 3.05) is 18.2 Å². The Hall–Kier alpha value is -3.15. The van der Waals surface area contributed by atoms with E-state index in [-0.39, 0.29) is 22.0 Å². The van der Waals surface area contributed by atoms with Crippen LogP contribution >= 0.6 is 23.4 Å². The van der Waals surface area contributed by atoms with Crippen molar-refractivity contribution in [2.45, 2.75) is 18.2 Å². The van der Waals surface area contributed by atoms with Crippen LogP contribution in [-0.4, -0.2) is 43.1 Å². The van der Waals surface area contributed by atoms with Crippen LogP contribution in [0.15, 0.2) is 55.1 Å². The summed E-state index contributed by atoms with van der Waals surface area (Å²) in [6.07, 6.45) is 7.01. The first kappa shape index (κ1) is 21.1. The van der Waals surface area contributed by atoms with E-state index < -0.39 is 0 Å². The maximum Gasteiger partial charge on any atom is 0.153 e. The average molecular weight is 450 g/mol. The van der Waals surface area contributed by atoms with Gasteiger partial charge in [0.05, 0.1) is 11.7 Å². The zero-order valence-corrected chi connectivity index (χ0v) is 18.8. The number of anilines is 1. The molecule has 3 heterocycles. The number of halogens is 1. The molecule has 0 N–H and O–H groups in total. The van der Waals surface area contributed by atoms with Crippen molar-refractivity contribution >= 4 is 34.8 Å². The van der Waals surface area contributed by atoms with Gasteiger partial charge in [-0.1, -0.05) is 48.9 Å². The quantitative estimate of drug-likeness (QED) is 0.396. The Bertz CT molecular complexity index is 1250. The first-order valence-corrected chi connectivity index (χ1v) is 11.3. The molecule has 0 aliphatic heterocycles. The van der Waals surface area contributed by atoms with Crippen LogP contribution < -0.4 is 4.90 Å². The zero-order chi connectivity index (χ0) is 22.0. The van der Waals surface area contributed by atoms with E-state index in [9.17, 15) is 5.26 Å². The summed E-state index contributed by atoms with van der Waals surface area (Å²) in [5.41, 5.74) is 3.85. The Kier molecular flexibility index (Phi) is 6.07. The van der Waals surface area contributed by atoms with E-state index in [2.05, 4.69) is 40.3 Å². The molecule has 0 aliphatic rings. The van der Waals surface area contributed by atoms with E-state index in [1.165, 1.54) is 6.33 Å². The van der Waals surface area contributed by atoms with Crippen LogP contribution in [0.2, 0.25) is 5.15 Å². The molecule has 1 unspecified atom stereocenters. The smallest absolute Gasteiger partial charge is 0.153 e. The monoisotopic (exact) mass is 449 g/mol. The van der Waals surface area contributed by atoms with Gasteiger partial charge in [0.15, 0.2) is 16.6 Å². The first-order chi connectivity index (χ1) is 15.0. The van der Waals surface area contributed by atoms with Gasteiger partial charge in [0, 0.05) is 35.8 Å². The number of benzene rings is 1. The van der Waals surface area contributed by atoms with E-state index in [0.717, 1.165) is 22.5 Å². The van der Waals surface area contributed by atoms with Gasteiger partial charge in [0.1, 0.15) is 18.0 Å². The molecule has 3 aromatic heterocycles. The third-order valence-electron chi connectivity index (χ3n) is 5.24. The van der Waals surface area contributed by atoms with Crippen LogP contribution in [0.5, 0.6) is 0 Å². The summed E-state index contributed by atoms with van der Waals surface area (Å²) in [5, 5.41) is 14.8. The number of hydrogen-bond acceptors (Lipinski definition) is 7. The molecule has 9 heteroatoms. The highest BCUT2D eigenvalue weighted by Crippen LogP contribution is 2.38. The molecule has 0 amide bonds. The van der Waals surface area contributed by atoms with Gasteiger partial charge in [-0.3, -0.25) is 0 Å². The van der Waals surface area contributed by atoms with Gasteiger partial charge in [-0.2, -0.15) is 22.1 Å². The second-order valence-corrected chi connectivity index (χ2v) is 8.59. The molecule has 4 rings (SSSR count). The Balaban J connectivity index is 1.95. The number of hydrogen-bond donors (Lipinski definition) is 0. The third-order valence-corrected chi connectivity index (χ3v) is 6.53. The molecule has 156 valence electrons. The lowest BCUT2D eigenvalue weighted by atomic mass is 9.97. The van der Waals surface area contributed by atoms with Gasteiger partial charge >= 0.3 is 0 Å². The molecule has 0 aliphatic carbocycles. The standard InChI is InChI=1S/C22H20ClN7S/c1-14(31-3)20(29(2)22-17(12-24)21(23)26-13-27-22)16-11-18-25-9-10-30(18)28-19(16)15-7-5-4-6-8-15/h4-11,13-14,20H,1-3H3/t14?,20-/m0/s1. The summed E-state index contributed by atoms with van der Waals surface area (Å²) in [6.45, 7) is 2.14. The molecule has 0 saturated carbocycles. The van der Waals surface area contributed by atoms with Gasteiger partial charge < -0.3 is 4.90 Å². The van der Waals surface area contributed by atoms with E-state index in [0.29, 0.717) is 5.82 Å². The fourth-order valence-electron chi connectivity index (χ4n) is 3.67. The minimum Gasteiger partial charge on any atom is -0.350 e. The highest BCUT2D eigenvalue weighted by atomic mass is 35.5. The summed E-state index contributed by atoms with van der Waals surface area (Å²) in [6, 6.07) is 14.1. The molecule has 4 aromatic rings. The van der Waals surface area contributed by atoms with Gasteiger partial charge in [0.25, 0.3) is 0 Å². The predicted molar refractivity (Wildman–Crippen MR) is 124 cm³/mol. The molecule has 0 saturated heterocycles. The lowest BCUT2D eigenvalue weighted by Crippen LogP contribution is -2.33. The van der Waals surface area contributed by atoms with Crippen molar-refractivity contribution in [1.29, 1.82) is 5.26 Å². The summed E-state index contributed by atoms with van der Waals surface area (Å²) in [7, 11) is 1.92. The van der Waals surface area contributed by atoms with E-state index in [1.54, 1.807) is 22.5 Å². The van der Waals surface area contributed by atoms with Gasteiger partial charge in [-0.15, -0.1) is 0 Å². The molecule has 2 atom stereocenters. The number of rotatable bonds is 6. The van der Waals surface area contributed by atoms with E-state index in [1.807, 2.05) is 48.5 Å². The van der Waals surface area contributed by atoms with Crippen LogP contribution in [0.4, 0.5) is 5.82 Å². The molecule has 0 spiro atoms. The van der Waals surface area contributed by atoms with Crippen LogP contribution in [0.25, 0.3) is 16.9 Å². The summed E-state index contributed by atoms with van der Waals surface area (Å²) in [5.74, 6) is 0.482. The van der Waals surface area contributed by atoms with Crippen molar-refractivity contribution < 1.29 is 0 Å². The molecular formula is C22H20ClN7S. The maximum atomic E-state index is 9.67. The third kappa shape index (κ3) is 3.94. The van der Waals surface area contributed by atoms with Crippen molar-refractivity contribution in [2.24, 2.45) is 0 Å². The fraction of sp³-hybridized carbons (Fsp3) is 0.227. The Labute approximate surface area is 189 Å². The van der Waals surface area contributed by atoms with Gasteiger partial charge in [-0.05, 0) is 12.3 Å². The number of fused-ring (bicyclic) bond motifs is 1. The number of nitrogens with zero attached hydrogens (tertiary/aromatic N) is 7. The van der Waals surface area contributed by atoms with Crippen molar-refractivity contribution in [3.63, 3.8) is 0 Å². The predicted octanol–water partition coefficient (Wildman–Crippen LogP) is 4.64. The molecule has 1 aromatic carbocycles. The van der Waals surface area contributed by atoms with Gasteiger partial charge in [0.2, 0.25) is 0 Å². The Morgan fingerprint density at radius 1 is 1.19 bits per heavy atom. The molecular weight excluding hydrogens is 430 g/mol. The lowest BCUT2D eigenvalue weighted by molar-refractivity contribution is 0.650. The molecule has 0 radical (unpaired) electrons. The van der Waals surface area contributed by atoms with Crippen molar-refractivity contribution in [1.82, 2.24) is 24.6 Å². The summed E-state index contributed by atoms with van der Waals surface area (Å²) >= 11 is 7.92. The number of imidazole rings is 1. The highest BCUT2D eigenvalue weighted by molar-refractivity contribution is 7.99. The molecule has 0 fully saturated rings. The zero-order valence-electron chi connectivity index (χ0n) is 17.3.